The Labute approximate surface area is 203 Å². The first-order chi connectivity index (χ1) is 17.0. The number of carbonyl (C=O) groups excluding carboxylic acids is 1. The number of benzene rings is 2. The predicted molar refractivity (Wildman–Crippen MR) is 135 cm³/mol. The molecule has 5 rings (SSSR count). The molecule has 0 unspecified atom stereocenters. The van der Waals surface area contributed by atoms with Gasteiger partial charge >= 0.3 is 0 Å². The minimum absolute atomic E-state index is 0.0359. The second-order valence-electron chi connectivity index (χ2n) is 8.46. The summed E-state index contributed by atoms with van der Waals surface area (Å²) in [4.78, 5) is 17.3. The van der Waals surface area contributed by atoms with Crippen LogP contribution in [-0.4, -0.2) is 37.6 Å². The number of fused-ring (bicyclic) bond motifs is 1. The first-order valence-electron chi connectivity index (χ1n) is 11.4. The molecule has 0 saturated carbocycles. The predicted octanol–water partition coefficient (Wildman–Crippen LogP) is 4.61. The van der Waals surface area contributed by atoms with Gasteiger partial charge < -0.3 is 10.1 Å². The van der Waals surface area contributed by atoms with Crippen LogP contribution in [0.1, 0.15) is 16.8 Å². The van der Waals surface area contributed by atoms with E-state index >= 15 is 0 Å². The molecule has 0 radical (unpaired) electrons. The number of rotatable bonds is 7. The van der Waals surface area contributed by atoms with Crippen LogP contribution in [0.5, 0.6) is 5.75 Å². The number of methoxy groups -OCH3 is 1. The molecule has 0 atom stereocenters. The highest BCUT2D eigenvalue weighted by molar-refractivity contribution is 5.96. The summed E-state index contributed by atoms with van der Waals surface area (Å²) in [5, 5.41) is 12.9. The molecule has 0 aliphatic carbocycles. The van der Waals surface area contributed by atoms with Crippen LogP contribution in [0.3, 0.4) is 0 Å². The Balaban J connectivity index is 1.32. The molecule has 1 N–H and O–H groups in total. The van der Waals surface area contributed by atoms with E-state index in [2.05, 4.69) is 51.7 Å². The van der Waals surface area contributed by atoms with Gasteiger partial charge in [0.15, 0.2) is 11.5 Å². The fourth-order valence-corrected chi connectivity index (χ4v) is 4.12. The van der Waals surface area contributed by atoms with Crippen molar-refractivity contribution in [1.29, 1.82) is 0 Å². The van der Waals surface area contributed by atoms with E-state index < -0.39 is 0 Å². The molecule has 0 bridgehead atoms. The van der Waals surface area contributed by atoms with Crippen molar-refractivity contribution in [2.75, 3.05) is 12.4 Å². The van der Waals surface area contributed by atoms with Gasteiger partial charge in [-0.15, -0.1) is 0 Å². The Morgan fingerprint density at radius 2 is 1.74 bits per heavy atom. The van der Waals surface area contributed by atoms with E-state index in [4.69, 9.17) is 4.74 Å². The molecule has 0 spiro atoms. The Bertz CT molecular complexity index is 1480. The lowest BCUT2D eigenvalue weighted by molar-refractivity contribution is -0.116. The Morgan fingerprint density at radius 3 is 2.49 bits per heavy atom. The molecule has 8 heteroatoms. The highest BCUT2D eigenvalue weighted by Crippen LogP contribution is 2.30. The Hall–Kier alpha value is -4.46. The lowest BCUT2D eigenvalue weighted by Gasteiger charge is -2.07. The SMILES string of the molecule is COc1ccc(-c2ccnc3c2c(C)nn3CC(=O)Nc2ccn(Cc3ccc(C)cc3)n2)cc1. The molecule has 0 aliphatic rings. The normalized spacial score (nSPS) is 11.1. The van der Waals surface area contributed by atoms with Crippen LogP contribution >= 0.6 is 0 Å². The zero-order chi connectivity index (χ0) is 24.4. The van der Waals surface area contributed by atoms with E-state index in [9.17, 15) is 4.79 Å². The van der Waals surface area contributed by atoms with Crippen molar-refractivity contribution in [2.24, 2.45) is 0 Å². The van der Waals surface area contributed by atoms with Crippen molar-refractivity contribution >= 4 is 22.8 Å². The van der Waals surface area contributed by atoms with E-state index in [-0.39, 0.29) is 12.5 Å². The number of amides is 1. The molecule has 3 heterocycles. The van der Waals surface area contributed by atoms with Crippen LogP contribution in [0.4, 0.5) is 5.82 Å². The molecule has 0 aliphatic heterocycles. The number of hydrogen-bond acceptors (Lipinski definition) is 5. The van der Waals surface area contributed by atoms with E-state index in [1.165, 1.54) is 5.56 Å². The number of aromatic nitrogens is 5. The number of aryl methyl sites for hydroxylation is 2. The summed E-state index contributed by atoms with van der Waals surface area (Å²) in [6, 6.07) is 19.9. The van der Waals surface area contributed by atoms with Gasteiger partial charge in [-0.3, -0.25) is 9.48 Å². The van der Waals surface area contributed by atoms with Crippen LogP contribution in [0.25, 0.3) is 22.2 Å². The highest BCUT2D eigenvalue weighted by Gasteiger charge is 2.16. The smallest absolute Gasteiger partial charge is 0.247 e. The Morgan fingerprint density at radius 1 is 0.971 bits per heavy atom. The summed E-state index contributed by atoms with van der Waals surface area (Å²) in [5.41, 5.74) is 5.88. The first kappa shape index (κ1) is 22.3. The lowest BCUT2D eigenvalue weighted by Crippen LogP contribution is -2.20. The van der Waals surface area contributed by atoms with Crippen molar-refractivity contribution in [3.63, 3.8) is 0 Å². The molecule has 35 heavy (non-hydrogen) atoms. The van der Waals surface area contributed by atoms with E-state index in [0.717, 1.165) is 33.5 Å². The summed E-state index contributed by atoms with van der Waals surface area (Å²) in [7, 11) is 1.65. The summed E-state index contributed by atoms with van der Waals surface area (Å²) in [6.07, 6.45) is 3.59. The van der Waals surface area contributed by atoms with Gasteiger partial charge in [-0.25, -0.2) is 9.67 Å². The first-order valence-corrected chi connectivity index (χ1v) is 11.4. The third kappa shape index (κ3) is 4.77. The van der Waals surface area contributed by atoms with Gasteiger partial charge in [-0.05, 0) is 48.7 Å². The summed E-state index contributed by atoms with van der Waals surface area (Å²) < 4.78 is 8.71. The molecule has 2 aromatic carbocycles. The molecule has 176 valence electrons. The van der Waals surface area contributed by atoms with E-state index in [0.29, 0.717) is 18.0 Å². The van der Waals surface area contributed by atoms with Crippen LogP contribution in [0.2, 0.25) is 0 Å². The van der Waals surface area contributed by atoms with Gasteiger partial charge in [-0.1, -0.05) is 42.0 Å². The maximum atomic E-state index is 12.8. The summed E-state index contributed by atoms with van der Waals surface area (Å²) >= 11 is 0. The van der Waals surface area contributed by atoms with E-state index in [1.54, 1.807) is 28.7 Å². The number of nitrogens with one attached hydrogen (secondary N) is 1. The highest BCUT2D eigenvalue weighted by atomic mass is 16.5. The number of nitrogens with zero attached hydrogens (tertiary/aromatic N) is 5. The van der Waals surface area contributed by atoms with Crippen LogP contribution in [0, 0.1) is 13.8 Å². The van der Waals surface area contributed by atoms with Crippen molar-refractivity contribution in [3.8, 4) is 16.9 Å². The number of ether oxygens (including phenoxy) is 1. The number of hydrogen-bond donors (Lipinski definition) is 1. The third-order valence-electron chi connectivity index (χ3n) is 5.88. The second kappa shape index (κ2) is 9.42. The number of pyridine rings is 1. The fraction of sp³-hybridized carbons (Fsp3) is 0.185. The van der Waals surface area contributed by atoms with Gasteiger partial charge in [0.05, 0.1) is 19.3 Å². The molecule has 1 amide bonds. The summed E-state index contributed by atoms with van der Waals surface area (Å²) in [5.74, 6) is 1.08. The molecule has 3 aromatic heterocycles. The van der Waals surface area contributed by atoms with Gasteiger partial charge in [0, 0.05) is 23.8 Å². The standard InChI is InChI=1S/C27H26N6O2/c1-18-4-6-20(7-5-18)16-32-15-13-24(31-32)29-25(34)17-33-27-26(19(2)30-33)23(12-14-28-27)21-8-10-22(35-3)11-9-21/h4-15H,16-17H2,1-3H3,(H,29,31,34). The largest absolute Gasteiger partial charge is 0.497 e. The van der Waals surface area contributed by atoms with Crippen molar-refractivity contribution in [1.82, 2.24) is 24.5 Å². The average molecular weight is 467 g/mol. The molecular formula is C27H26N6O2. The average Bonchev–Trinajstić information content (AvgIpc) is 3.44. The molecular weight excluding hydrogens is 440 g/mol. The van der Waals surface area contributed by atoms with Gasteiger partial charge in [0.25, 0.3) is 0 Å². The van der Waals surface area contributed by atoms with Crippen molar-refractivity contribution < 1.29 is 9.53 Å². The topological polar surface area (TPSA) is 86.9 Å². The zero-order valence-corrected chi connectivity index (χ0v) is 19.9. The third-order valence-corrected chi connectivity index (χ3v) is 5.88. The Kier molecular flexibility index (Phi) is 6.01. The minimum Gasteiger partial charge on any atom is -0.497 e. The van der Waals surface area contributed by atoms with Crippen LogP contribution < -0.4 is 10.1 Å². The van der Waals surface area contributed by atoms with Crippen LogP contribution in [0.15, 0.2) is 73.1 Å². The molecule has 0 saturated heterocycles. The molecule has 0 fully saturated rings. The monoisotopic (exact) mass is 466 g/mol. The van der Waals surface area contributed by atoms with Gasteiger partial charge in [-0.2, -0.15) is 10.2 Å². The zero-order valence-electron chi connectivity index (χ0n) is 19.9. The number of anilines is 1. The van der Waals surface area contributed by atoms with Crippen LogP contribution in [-0.2, 0) is 17.9 Å². The van der Waals surface area contributed by atoms with Crippen molar-refractivity contribution in [3.05, 3.63) is 89.9 Å². The van der Waals surface area contributed by atoms with Gasteiger partial charge in [0.1, 0.15) is 12.3 Å². The maximum absolute atomic E-state index is 12.8. The van der Waals surface area contributed by atoms with Gasteiger partial charge in [0.2, 0.25) is 5.91 Å². The second-order valence-corrected chi connectivity index (χ2v) is 8.46. The number of carbonyl (C=O) groups is 1. The quantitative estimate of drug-likeness (QED) is 0.379. The van der Waals surface area contributed by atoms with Crippen molar-refractivity contribution in [2.45, 2.75) is 26.9 Å². The molecule has 8 nitrogen and oxygen atoms in total. The van der Waals surface area contributed by atoms with E-state index in [1.807, 2.05) is 43.5 Å². The summed E-state index contributed by atoms with van der Waals surface area (Å²) in [6.45, 7) is 4.66. The fourth-order valence-electron chi connectivity index (χ4n) is 4.12. The maximum Gasteiger partial charge on any atom is 0.247 e. The lowest BCUT2D eigenvalue weighted by atomic mass is 10.0. The molecule has 5 aromatic rings. The minimum atomic E-state index is -0.216.